The number of rotatable bonds is 1. The van der Waals surface area contributed by atoms with Gasteiger partial charge in [0.2, 0.25) is 5.91 Å². The zero-order chi connectivity index (χ0) is 14.7. The number of fused-ring (bicyclic) bond motifs is 2. The van der Waals surface area contributed by atoms with E-state index in [0.717, 1.165) is 18.6 Å². The second-order valence-corrected chi connectivity index (χ2v) is 7.01. The highest BCUT2D eigenvalue weighted by molar-refractivity contribution is 5.85. The Kier molecular flexibility index (Phi) is 2.65. The van der Waals surface area contributed by atoms with Gasteiger partial charge in [-0.1, -0.05) is 18.2 Å². The summed E-state index contributed by atoms with van der Waals surface area (Å²) in [4.78, 5) is 14.6. The number of carbonyl (C=O) groups is 1. The Morgan fingerprint density at radius 2 is 2.19 bits per heavy atom. The van der Waals surface area contributed by atoms with Crippen LogP contribution in [0.3, 0.4) is 0 Å². The molecule has 112 valence electrons. The third-order valence-corrected chi connectivity index (χ3v) is 5.37. The predicted molar refractivity (Wildman–Crippen MR) is 78.2 cm³/mol. The molecule has 1 N–H and O–H groups in total. The van der Waals surface area contributed by atoms with Gasteiger partial charge in [-0.3, -0.25) is 4.79 Å². The van der Waals surface area contributed by atoms with Crippen molar-refractivity contribution in [2.75, 3.05) is 19.7 Å². The minimum Gasteiger partial charge on any atom is -0.493 e. The fourth-order valence-corrected chi connectivity index (χ4v) is 4.04. The molecular formula is C17H21NO3. The Morgan fingerprint density at radius 3 is 2.95 bits per heavy atom. The highest BCUT2D eigenvalue weighted by atomic mass is 16.5. The summed E-state index contributed by atoms with van der Waals surface area (Å²) in [7, 11) is 0. The molecular weight excluding hydrogens is 266 g/mol. The van der Waals surface area contributed by atoms with Gasteiger partial charge in [-0.2, -0.15) is 0 Å². The molecule has 0 bridgehead atoms. The Balaban J connectivity index is 1.57. The van der Waals surface area contributed by atoms with Crippen molar-refractivity contribution in [1.29, 1.82) is 0 Å². The lowest BCUT2D eigenvalue weighted by molar-refractivity contribution is -0.133. The molecule has 0 radical (unpaired) electrons. The number of ether oxygens (including phenoxy) is 1. The van der Waals surface area contributed by atoms with Crippen molar-refractivity contribution in [2.45, 2.75) is 37.2 Å². The number of hydrogen-bond acceptors (Lipinski definition) is 3. The van der Waals surface area contributed by atoms with E-state index in [1.54, 1.807) is 0 Å². The summed E-state index contributed by atoms with van der Waals surface area (Å²) in [5.41, 5.74) is 0.464. The lowest BCUT2D eigenvalue weighted by Gasteiger charge is -2.28. The summed E-state index contributed by atoms with van der Waals surface area (Å²) in [5.74, 6) is 1.22. The molecule has 1 aliphatic carbocycles. The molecule has 1 aromatic rings. The number of hydrogen-bond donors (Lipinski definition) is 1. The topological polar surface area (TPSA) is 49.8 Å². The summed E-state index contributed by atoms with van der Waals surface area (Å²) in [6.45, 7) is 3.65. The molecule has 1 amide bonds. The first kappa shape index (κ1) is 13.1. The van der Waals surface area contributed by atoms with Crippen molar-refractivity contribution in [2.24, 2.45) is 5.92 Å². The quantitative estimate of drug-likeness (QED) is 0.855. The monoisotopic (exact) mass is 287 g/mol. The van der Waals surface area contributed by atoms with Gasteiger partial charge in [0.15, 0.2) is 0 Å². The number of benzene rings is 1. The van der Waals surface area contributed by atoms with E-state index in [0.29, 0.717) is 26.1 Å². The van der Waals surface area contributed by atoms with Crippen molar-refractivity contribution >= 4 is 5.91 Å². The smallest absolute Gasteiger partial charge is 0.226 e. The van der Waals surface area contributed by atoms with E-state index in [4.69, 9.17) is 4.74 Å². The van der Waals surface area contributed by atoms with Crippen LogP contribution in [0.15, 0.2) is 24.3 Å². The van der Waals surface area contributed by atoms with Crippen molar-refractivity contribution in [3.63, 3.8) is 0 Å². The summed E-state index contributed by atoms with van der Waals surface area (Å²) in [6, 6.07) is 8.10. The summed E-state index contributed by atoms with van der Waals surface area (Å²) >= 11 is 0. The predicted octanol–water partition coefficient (Wildman–Crippen LogP) is 1.71. The van der Waals surface area contributed by atoms with Crippen LogP contribution in [-0.2, 0) is 10.2 Å². The fourth-order valence-electron chi connectivity index (χ4n) is 4.04. The molecule has 21 heavy (non-hydrogen) atoms. The third-order valence-electron chi connectivity index (χ3n) is 5.37. The summed E-state index contributed by atoms with van der Waals surface area (Å²) in [6.07, 6.45) is 2.52. The maximum Gasteiger partial charge on any atom is 0.226 e. The van der Waals surface area contributed by atoms with Crippen molar-refractivity contribution in [3.8, 4) is 5.75 Å². The normalized spacial score (nSPS) is 37.2. The zero-order valence-corrected chi connectivity index (χ0v) is 12.3. The lowest BCUT2D eigenvalue weighted by Crippen LogP contribution is -2.37. The lowest BCUT2D eigenvalue weighted by atomic mass is 9.87. The Bertz CT molecular complexity index is 597. The highest BCUT2D eigenvalue weighted by Gasteiger charge is 2.62. The Labute approximate surface area is 124 Å². The van der Waals surface area contributed by atoms with Gasteiger partial charge in [-0.25, -0.2) is 0 Å². The van der Waals surface area contributed by atoms with E-state index in [-0.39, 0.29) is 17.2 Å². The van der Waals surface area contributed by atoms with Crippen LogP contribution in [-0.4, -0.2) is 41.2 Å². The molecule has 2 aliphatic heterocycles. The molecule has 3 aliphatic rings. The minimum atomic E-state index is -0.717. The molecule has 4 rings (SSSR count). The third kappa shape index (κ3) is 1.96. The van der Waals surface area contributed by atoms with Gasteiger partial charge in [0, 0.05) is 30.0 Å². The van der Waals surface area contributed by atoms with Gasteiger partial charge in [-0.15, -0.1) is 0 Å². The molecule has 1 saturated heterocycles. The van der Waals surface area contributed by atoms with Crippen LogP contribution < -0.4 is 4.74 Å². The Hall–Kier alpha value is -1.55. The van der Waals surface area contributed by atoms with Crippen molar-refractivity contribution in [3.05, 3.63) is 29.8 Å². The van der Waals surface area contributed by atoms with E-state index in [9.17, 15) is 9.90 Å². The number of aliphatic hydroxyl groups is 1. The molecule has 0 aromatic heterocycles. The standard InChI is InChI=1S/C17H21NO3/c1-16(20)6-8-18(11-16)15(19)13-10-17(13)7-9-21-14-5-3-2-4-12(14)17/h2-5,13,20H,6-11H2,1H3/t13-,16+,17-/m0/s1. The van der Waals surface area contributed by atoms with Gasteiger partial charge >= 0.3 is 0 Å². The van der Waals surface area contributed by atoms with E-state index >= 15 is 0 Å². The number of amides is 1. The number of nitrogens with zero attached hydrogens (tertiary/aromatic N) is 1. The van der Waals surface area contributed by atoms with Gasteiger partial charge in [-0.05, 0) is 32.3 Å². The number of likely N-dealkylation sites (tertiary alicyclic amines) is 1. The van der Waals surface area contributed by atoms with E-state index in [2.05, 4.69) is 6.07 Å². The van der Waals surface area contributed by atoms with Gasteiger partial charge < -0.3 is 14.7 Å². The van der Waals surface area contributed by atoms with E-state index in [1.807, 2.05) is 30.0 Å². The van der Waals surface area contributed by atoms with E-state index < -0.39 is 5.60 Å². The molecule has 4 heteroatoms. The first-order valence-electron chi connectivity index (χ1n) is 7.75. The summed E-state index contributed by atoms with van der Waals surface area (Å²) in [5, 5.41) is 10.1. The maximum atomic E-state index is 12.8. The maximum absolute atomic E-state index is 12.8. The minimum absolute atomic E-state index is 0.0135. The second kappa shape index (κ2) is 4.23. The zero-order valence-electron chi connectivity index (χ0n) is 12.3. The SMILES string of the molecule is C[C@@]1(O)CCN(C(=O)[C@@H]2C[C@]23CCOc2ccccc23)C1. The van der Waals surface area contributed by atoms with Crippen LogP contribution in [0.1, 0.15) is 31.7 Å². The first-order valence-corrected chi connectivity index (χ1v) is 7.75. The number of carbonyl (C=O) groups excluding carboxylic acids is 1. The molecule has 1 saturated carbocycles. The van der Waals surface area contributed by atoms with Gasteiger partial charge in [0.05, 0.1) is 12.2 Å². The van der Waals surface area contributed by atoms with Crippen LogP contribution >= 0.6 is 0 Å². The van der Waals surface area contributed by atoms with Crippen LogP contribution in [0.2, 0.25) is 0 Å². The Morgan fingerprint density at radius 1 is 1.38 bits per heavy atom. The molecule has 0 unspecified atom stereocenters. The van der Waals surface area contributed by atoms with Crippen LogP contribution in [0.25, 0.3) is 0 Å². The molecule has 2 heterocycles. The van der Waals surface area contributed by atoms with Gasteiger partial charge in [0.25, 0.3) is 0 Å². The van der Waals surface area contributed by atoms with Crippen molar-refractivity contribution < 1.29 is 14.6 Å². The largest absolute Gasteiger partial charge is 0.493 e. The average Bonchev–Trinajstić information content (AvgIpc) is 3.06. The number of β-amino-alcohol motifs (C(OH)–C–C–N with tert-alkyl or cyclic N) is 1. The van der Waals surface area contributed by atoms with Gasteiger partial charge in [0.1, 0.15) is 5.75 Å². The number of para-hydroxylation sites is 1. The molecule has 2 fully saturated rings. The van der Waals surface area contributed by atoms with E-state index in [1.165, 1.54) is 5.56 Å². The molecule has 1 spiro atoms. The summed E-state index contributed by atoms with van der Waals surface area (Å²) < 4.78 is 5.72. The first-order chi connectivity index (χ1) is 10.0. The van der Waals surface area contributed by atoms with Crippen molar-refractivity contribution in [1.82, 2.24) is 4.90 Å². The highest BCUT2D eigenvalue weighted by Crippen LogP contribution is 2.61. The molecule has 1 aromatic carbocycles. The molecule has 3 atom stereocenters. The van der Waals surface area contributed by atoms with Crippen LogP contribution in [0.4, 0.5) is 0 Å². The fraction of sp³-hybridized carbons (Fsp3) is 0.588. The average molecular weight is 287 g/mol. The van der Waals surface area contributed by atoms with Crippen LogP contribution in [0.5, 0.6) is 5.75 Å². The van der Waals surface area contributed by atoms with Crippen LogP contribution in [0, 0.1) is 5.92 Å². The molecule has 4 nitrogen and oxygen atoms in total. The second-order valence-electron chi connectivity index (χ2n) is 7.01.